The van der Waals surface area contributed by atoms with Gasteiger partial charge in [-0.25, -0.2) is 14.8 Å². The van der Waals surface area contributed by atoms with Gasteiger partial charge in [-0.05, 0) is 107 Å². The Hall–Kier alpha value is -8.79. The van der Waals surface area contributed by atoms with Crippen LogP contribution in [0.4, 0.5) is 0 Å². The van der Waals surface area contributed by atoms with Crippen LogP contribution >= 0.6 is 0 Å². The van der Waals surface area contributed by atoms with E-state index in [4.69, 9.17) is 33.8 Å². The van der Waals surface area contributed by atoms with Crippen LogP contribution in [-0.2, 0) is 75.2 Å². The van der Waals surface area contributed by atoms with Gasteiger partial charge in [0.15, 0.2) is 6.04 Å². The molecule has 32 N–H and O–H groups in total. The van der Waals surface area contributed by atoms with Crippen LogP contribution in [0.5, 0.6) is 0 Å². The van der Waals surface area contributed by atoms with Crippen LogP contribution in [0.1, 0.15) is 163 Å². The minimum Gasteiger partial charge on any atom is -0.481 e. The number of primary amides is 1. The third-order valence-corrected chi connectivity index (χ3v) is 16.4. The van der Waals surface area contributed by atoms with Gasteiger partial charge in [0.2, 0.25) is 59.1 Å². The molecule has 2 rings (SSSR count). The molecule has 12 atom stereocenters. The van der Waals surface area contributed by atoms with Gasteiger partial charge in [-0.1, -0.05) is 61.8 Å². The van der Waals surface area contributed by atoms with Crippen molar-refractivity contribution in [1.82, 2.24) is 83.7 Å². The van der Waals surface area contributed by atoms with E-state index in [0.29, 0.717) is 56.6 Å². The Kier molecular flexibility index (Phi) is 41.5. The first-order valence-electron chi connectivity index (χ1n) is 34.9. The summed E-state index contributed by atoms with van der Waals surface area (Å²) in [5.74, 6) is -13.4. The van der Waals surface area contributed by atoms with Gasteiger partial charge in [-0.2, -0.15) is 0 Å². The molecular weight excluding hydrogens is 1330 g/mol. The Morgan fingerprint density at radius 1 is 0.451 bits per heavy atom. The maximum absolute atomic E-state index is 14.9. The lowest BCUT2D eigenvalue weighted by Gasteiger charge is -2.30. The zero-order valence-electron chi connectivity index (χ0n) is 60.2. The zero-order chi connectivity index (χ0) is 76.8. The molecule has 38 nitrogen and oxygen atoms in total. The van der Waals surface area contributed by atoms with Gasteiger partial charge >= 0.3 is 11.9 Å². The minimum absolute atomic E-state index is 0.0200. The normalized spacial score (nSPS) is 15.0. The SMILES string of the molecule is CC[C@H](C)[C@H](NC(=O)[C@H](CCCC[NH3+])NC(=O)[C@H](Cc1cnc[nH]1)NC(=O)[C@@H]([NH3+])CCCNC(N)N)C(=O)N[C@@H](CC(C)C)C(=O)N[C@@H](Cc1cnc[nH]1)C(=O)N[C@@H](CCCNC(N)N)C(=O)N[C@@H](CC(C)C)C(=O)N[C@@H](CC(C)C)C(=O)N[C@@H](CCC(N)=O)C(=O)N[C@@H](CCC(=O)O)C(=O)O. The highest BCUT2D eigenvalue weighted by atomic mass is 16.4. The van der Waals surface area contributed by atoms with Crippen molar-refractivity contribution in [2.24, 2.45) is 52.3 Å². The monoisotopic (exact) mass is 1450 g/mol. The summed E-state index contributed by atoms with van der Waals surface area (Å²) in [6, 6.07) is -14.8. The molecule has 102 heavy (non-hydrogen) atoms. The summed E-state index contributed by atoms with van der Waals surface area (Å²) < 4.78 is 0. The Balaban J connectivity index is 2.57. The third kappa shape index (κ3) is 35.7. The molecule has 0 radical (unpaired) electrons. The van der Waals surface area contributed by atoms with Gasteiger partial charge in [-0.15, -0.1) is 0 Å². The fourth-order valence-corrected chi connectivity index (χ4v) is 10.6. The van der Waals surface area contributed by atoms with Crippen LogP contribution in [-0.4, -0.2) is 206 Å². The summed E-state index contributed by atoms with van der Waals surface area (Å²) in [4.78, 5) is 193. The topological polar surface area (TPSA) is 649 Å². The summed E-state index contributed by atoms with van der Waals surface area (Å²) in [6.45, 7) is 15.2. The quantitative estimate of drug-likeness (QED) is 0.0216. The number of nitrogens with two attached hydrogens (primary N) is 5. The second-order valence-corrected chi connectivity index (χ2v) is 26.9. The Labute approximate surface area is 594 Å². The largest absolute Gasteiger partial charge is 0.481 e. The van der Waals surface area contributed by atoms with Gasteiger partial charge in [-0.3, -0.25) is 68.2 Å². The molecule has 0 fully saturated rings. The van der Waals surface area contributed by atoms with E-state index in [9.17, 15) is 67.4 Å². The van der Waals surface area contributed by atoms with Crippen LogP contribution in [0.3, 0.4) is 0 Å². The number of quaternary nitrogens is 2. The highest BCUT2D eigenvalue weighted by Crippen LogP contribution is 2.16. The van der Waals surface area contributed by atoms with E-state index >= 15 is 0 Å². The fourth-order valence-electron chi connectivity index (χ4n) is 10.6. The number of hydrogen-bond donors (Lipinski definition) is 23. The summed E-state index contributed by atoms with van der Waals surface area (Å²) in [7, 11) is 0. The van der Waals surface area contributed by atoms with E-state index in [1.165, 1.54) is 25.0 Å². The predicted molar refractivity (Wildman–Crippen MR) is 372 cm³/mol. The van der Waals surface area contributed by atoms with Crippen molar-refractivity contribution in [3.63, 3.8) is 0 Å². The van der Waals surface area contributed by atoms with E-state index < -0.39 is 188 Å². The molecule has 2 aromatic heterocycles. The van der Waals surface area contributed by atoms with Gasteiger partial charge in [0, 0.05) is 55.9 Å². The van der Waals surface area contributed by atoms with Crippen molar-refractivity contribution in [3.8, 4) is 0 Å². The number of nitrogens with zero attached hydrogens (tertiary/aromatic N) is 2. The number of unbranched alkanes of at least 4 members (excludes halogenated alkanes) is 1. The summed E-state index contributed by atoms with van der Waals surface area (Å²) in [6.07, 6.45) is 4.00. The molecule has 576 valence electrons. The molecule has 0 aliphatic carbocycles. The lowest BCUT2D eigenvalue weighted by molar-refractivity contribution is -0.405. The molecule has 2 aromatic rings. The van der Waals surface area contributed by atoms with E-state index in [1.807, 2.05) is 0 Å². The molecule has 0 spiro atoms. The molecule has 11 amide bonds. The highest BCUT2D eigenvalue weighted by molar-refractivity contribution is 5.99. The molecule has 0 aliphatic rings. The average molecular weight is 1450 g/mol. The van der Waals surface area contributed by atoms with Crippen molar-refractivity contribution in [2.45, 2.75) is 244 Å². The Bertz CT molecular complexity index is 2960. The fraction of sp³-hybridized carbons (Fsp3) is 0.703. The number of rotatable bonds is 53. The van der Waals surface area contributed by atoms with Crippen molar-refractivity contribution in [1.29, 1.82) is 0 Å². The molecular formula is C64H117N23O15+2. The minimum atomic E-state index is -1.69. The van der Waals surface area contributed by atoms with Gasteiger partial charge < -0.3 is 113 Å². The summed E-state index contributed by atoms with van der Waals surface area (Å²) in [5, 5.41) is 51.3. The van der Waals surface area contributed by atoms with Gasteiger partial charge in [0.1, 0.15) is 73.0 Å². The summed E-state index contributed by atoms with van der Waals surface area (Å²) >= 11 is 0. The number of carbonyl (C=O) groups excluding carboxylic acids is 11. The second-order valence-electron chi connectivity index (χ2n) is 26.9. The van der Waals surface area contributed by atoms with Crippen LogP contribution in [0.2, 0.25) is 0 Å². The van der Waals surface area contributed by atoms with Crippen molar-refractivity contribution in [3.05, 3.63) is 36.4 Å². The van der Waals surface area contributed by atoms with Crippen LogP contribution in [0.25, 0.3) is 0 Å². The lowest BCUT2D eigenvalue weighted by atomic mass is 9.96. The molecule has 0 bridgehead atoms. The molecule has 0 saturated carbocycles. The number of aliphatic carboxylic acids is 2. The number of nitrogens with one attached hydrogen (secondary N) is 14. The van der Waals surface area contributed by atoms with Crippen molar-refractivity contribution in [2.75, 3.05) is 19.6 Å². The number of aromatic nitrogens is 4. The van der Waals surface area contributed by atoms with Crippen LogP contribution < -0.4 is 104 Å². The van der Waals surface area contributed by atoms with Crippen LogP contribution in [0.15, 0.2) is 25.0 Å². The first-order chi connectivity index (χ1) is 48.0. The number of H-pyrrole nitrogens is 2. The molecule has 0 aliphatic heterocycles. The van der Waals surface area contributed by atoms with Crippen molar-refractivity contribution < 1.29 is 84.0 Å². The number of amides is 11. The first kappa shape index (κ1) is 89.3. The predicted octanol–water partition coefficient (Wildman–Crippen LogP) is -6.67. The highest BCUT2D eigenvalue weighted by Gasteiger charge is 2.38. The van der Waals surface area contributed by atoms with Gasteiger partial charge in [0.25, 0.3) is 5.91 Å². The molecule has 0 unspecified atom stereocenters. The molecule has 2 heterocycles. The smallest absolute Gasteiger partial charge is 0.326 e. The second kappa shape index (κ2) is 47.4. The lowest BCUT2D eigenvalue weighted by Crippen LogP contribution is -2.69. The Morgan fingerprint density at radius 3 is 1.19 bits per heavy atom. The number of hydrogen-bond acceptors (Lipinski definition) is 21. The number of carboxylic acids is 2. The maximum Gasteiger partial charge on any atom is 0.326 e. The molecule has 0 saturated heterocycles. The van der Waals surface area contributed by atoms with E-state index in [1.54, 1.807) is 55.4 Å². The molecule has 38 heteroatoms. The number of imidazole rings is 2. The first-order valence-corrected chi connectivity index (χ1v) is 34.9. The van der Waals surface area contributed by atoms with Gasteiger partial charge in [0.05, 0.1) is 19.2 Å². The standard InChI is InChI=1S/C64H115N23O15/c1-9-36(8)51(87-55(94)40(15-10-11-21-65)78-59(98)47(27-37-29-72-31-76-37)82-52(91)39(66)14-12-22-74-63(68)69)61(100)86-46(26-35(6)7)58(97)85-48(28-38-30-73-32-77-38)60(99)79-41(16-13-23-75-64(70)71)53(92)83-45(25-34(4)5)57(96)84-44(24-33(2)3)56(95)80-42(17-19-49(67)88)54(93)81-43(62(101)102)18-20-50(89)90/h29-36,39-48,51,63-64,74-75H,9-28,65-66,68-71H2,1-8H3,(H2,67,88)(H,72,76)(H,73,77)(H,78,98)(H,79,99)(H,80,95)(H,81,93)(H,82,91)(H,83,92)(H,84,96)(H,85,97)(H,86,100)(H,87,94)(H,89,90)(H,101,102)/p+2/t36-,39-,40-,41-,42-,43-,44-,45-,46-,47-,48-,51-/m0/s1. The number of aromatic amines is 2. The van der Waals surface area contributed by atoms with E-state index in [2.05, 4.69) is 95.2 Å². The Morgan fingerprint density at radius 2 is 0.804 bits per heavy atom. The average Bonchev–Trinajstić information content (AvgIpc) is 1.01. The summed E-state index contributed by atoms with van der Waals surface area (Å²) in [5.41, 5.74) is 36.8. The van der Waals surface area contributed by atoms with E-state index in [0.717, 1.165) is 0 Å². The maximum atomic E-state index is 14.9. The van der Waals surface area contributed by atoms with Crippen molar-refractivity contribution >= 4 is 76.9 Å². The van der Waals surface area contributed by atoms with Crippen LogP contribution in [0, 0.1) is 23.7 Å². The molecule has 0 aromatic carbocycles. The number of carboxylic acid groups (broad SMARTS) is 2. The number of carbonyl (C=O) groups is 13. The zero-order valence-corrected chi connectivity index (χ0v) is 60.2. The van der Waals surface area contributed by atoms with E-state index in [-0.39, 0.29) is 75.7 Å². The third-order valence-electron chi connectivity index (χ3n) is 16.4.